The van der Waals surface area contributed by atoms with E-state index >= 15 is 0 Å². The number of benzene rings is 3. The predicted octanol–water partition coefficient (Wildman–Crippen LogP) is 4.92. The Morgan fingerprint density at radius 1 is 1.00 bits per heavy atom. The fourth-order valence-electron chi connectivity index (χ4n) is 3.77. The first-order chi connectivity index (χ1) is 15.2. The molecule has 0 fully saturated rings. The van der Waals surface area contributed by atoms with Crippen LogP contribution in [-0.4, -0.2) is 25.5 Å². The summed E-state index contributed by atoms with van der Waals surface area (Å²) in [4.78, 5) is 22.9. The molecule has 1 amide bonds. The molecule has 3 aromatic carbocycles. The van der Waals surface area contributed by atoms with Crippen LogP contribution in [0.4, 0.5) is 9.18 Å². The first kappa shape index (κ1) is 20.4. The lowest BCUT2D eigenvalue weighted by molar-refractivity contribution is 0.111. The number of carbonyl (C=O) groups excluding carboxylic acids is 2. The molecule has 4 nitrogen and oxygen atoms in total. The second-order valence-corrected chi connectivity index (χ2v) is 7.13. The molecule has 0 unspecified atom stereocenters. The largest absolute Gasteiger partial charge is 0.449 e. The maximum atomic E-state index is 13.9. The summed E-state index contributed by atoms with van der Waals surface area (Å²) in [6.45, 7) is 0.522. The van der Waals surface area contributed by atoms with Crippen molar-refractivity contribution in [3.8, 4) is 23.0 Å². The van der Waals surface area contributed by atoms with Crippen LogP contribution >= 0.6 is 0 Å². The predicted molar refractivity (Wildman–Crippen MR) is 116 cm³/mol. The fourth-order valence-corrected chi connectivity index (χ4v) is 3.77. The van der Waals surface area contributed by atoms with E-state index in [2.05, 4.69) is 41.4 Å². The van der Waals surface area contributed by atoms with Gasteiger partial charge in [0.25, 0.3) is 0 Å². The Morgan fingerprint density at radius 2 is 1.68 bits per heavy atom. The molecule has 0 spiro atoms. The zero-order valence-corrected chi connectivity index (χ0v) is 16.7. The van der Waals surface area contributed by atoms with E-state index in [-0.39, 0.29) is 30.2 Å². The third kappa shape index (κ3) is 4.34. The molecule has 0 heterocycles. The van der Waals surface area contributed by atoms with Gasteiger partial charge in [0.05, 0.1) is 11.1 Å². The summed E-state index contributed by atoms with van der Waals surface area (Å²) in [7, 11) is 0. The van der Waals surface area contributed by atoms with Crippen molar-refractivity contribution in [3.05, 3.63) is 94.8 Å². The molecular formula is C26H20FNO3. The summed E-state index contributed by atoms with van der Waals surface area (Å²) in [5, 5.41) is 2.66. The highest BCUT2D eigenvalue weighted by Crippen LogP contribution is 2.44. The smallest absolute Gasteiger partial charge is 0.407 e. The van der Waals surface area contributed by atoms with Crippen LogP contribution in [0.3, 0.4) is 0 Å². The van der Waals surface area contributed by atoms with Crippen LogP contribution in [0.15, 0.2) is 66.7 Å². The minimum atomic E-state index is -0.630. The van der Waals surface area contributed by atoms with E-state index in [0.717, 1.165) is 11.1 Å². The number of fused-ring (bicyclic) bond motifs is 3. The molecule has 0 radical (unpaired) electrons. The van der Waals surface area contributed by atoms with Gasteiger partial charge in [-0.05, 0) is 34.4 Å². The van der Waals surface area contributed by atoms with Crippen LogP contribution in [-0.2, 0) is 4.74 Å². The zero-order chi connectivity index (χ0) is 21.6. The maximum Gasteiger partial charge on any atom is 0.407 e. The molecular weight excluding hydrogens is 393 g/mol. The van der Waals surface area contributed by atoms with Crippen LogP contribution in [0.1, 0.15) is 39.4 Å². The van der Waals surface area contributed by atoms with Gasteiger partial charge in [-0.1, -0.05) is 66.4 Å². The molecule has 1 aliphatic rings. The Balaban J connectivity index is 1.30. The van der Waals surface area contributed by atoms with Gasteiger partial charge in [-0.3, -0.25) is 4.79 Å². The van der Waals surface area contributed by atoms with Gasteiger partial charge in [0.2, 0.25) is 0 Å². The SMILES string of the molecule is O=Cc1cccc(C#CCCNC(=O)OCC2c3ccccc3-c3ccccc32)c1F. The number of aldehydes is 1. The van der Waals surface area contributed by atoms with Crippen LogP contribution in [0, 0.1) is 17.7 Å². The van der Waals surface area contributed by atoms with Gasteiger partial charge >= 0.3 is 6.09 Å². The molecule has 0 atom stereocenters. The first-order valence-electron chi connectivity index (χ1n) is 10.0. The highest BCUT2D eigenvalue weighted by atomic mass is 19.1. The second-order valence-electron chi connectivity index (χ2n) is 7.13. The average molecular weight is 413 g/mol. The van der Waals surface area contributed by atoms with Gasteiger partial charge in [-0.2, -0.15) is 0 Å². The number of carbonyl (C=O) groups is 2. The minimum absolute atomic E-state index is 0.00557. The first-order valence-corrected chi connectivity index (χ1v) is 10.0. The molecule has 1 aliphatic carbocycles. The number of alkyl carbamates (subject to hydrolysis) is 1. The summed E-state index contributed by atoms with van der Waals surface area (Å²) in [5.41, 5.74) is 4.79. The minimum Gasteiger partial charge on any atom is -0.449 e. The lowest BCUT2D eigenvalue weighted by Gasteiger charge is -2.14. The molecule has 0 saturated heterocycles. The van der Waals surface area contributed by atoms with Gasteiger partial charge in [-0.15, -0.1) is 0 Å². The fraction of sp³-hybridized carbons (Fsp3) is 0.154. The van der Waals surface area contributed by atoms with Crippen molar-refractivity contribution in [2.24, 2.45) is 0 Å². The van der Waals surface area contributed by atoms with Crippen LogP contribution in [0.25, 0.3) is 11.1 Å². The molecule has 3 aromatic rings. The van der Waals surface area contributed by atoms with Crippen molar-refractivity contribution in [3.63, 3.8) is 0 Å². The van der Waals surface area contributed by atoms with Gasteiger partial charge in [-0.25, -0.2) is 9.18 Å². The quantitative estimate of drug-likeness (QED) is 0.367. The Bertz CT molecular complexity index is 1150. The summed E-state index contributed by atoms with van der Waals surface area (Å²) in [6, 6.07) is 20.8. The molecule has 4 rings (SSSR count). The highest BCUT2D eigenvalue weighted by molar-refractivity contribution is 5.79. The Morgan fingerprint density at radius 3 is 2.35 bits per heavy atom. The van der Waals surface area contributed by atoms with E-state index in [4.69, 9.17) is 4.74 Å². The van der Waals surface area contributed by atoms with Gasteiger partial charge < -0.3 is 10.1 Å². The van der Waals surface area contributed by atoms with Crippen molar-refractivity contribution >= 4 is 12.4 Å². The third-order valence-corrected chi connectivity index (χ3v) is 5.24. The monoisotopic (exact) mass is 413 g/mol. The standard InChI is InChI=1S/C26H20FNO3/c27-25-18(9-7-10-19(25)16-29)8-5-6-15-28-26(30)31-17-24-22-13-3-1-11-20(22)21-12-2-4-14-23(21)24/h1-4,7,9-14,16,24H,6,15,17H2,(H,28,30). The molecule has 31 heavy (non-hydrogen) atoms. The van der Waals surface area contributed by atoms with E-state index in [1.54, 1.807) is 6.07 Å². The van der Waals surface area contributed by atoms with Crippen molar-refractivity contribution in [1.82, 2.24) is 5.32 Å². The van der Waals surface area contributed by atoms with Gasteiger partial charge in [0, 0.05) is 18.9 Å². The molecule has 5 heteroatoms. The lowest BCUT2D eigenvalue weighted by Crippen LogP contribution is -2.26. The number of nitrogens with one attached hydrogen (secondary N) is 1. The molecule has 0 aromatic heterocycles. The average Bonchev–Trinajstić information content (AvgIpc) is 3.12. The summed E-state index contributed by atoms with van der Waals surface area (Å²) in [5.74, 6) is 4.86. The van der Waals surface area contributed by atoms with Gasteiger partial charge in [0.1, 0.15) is 12.4 Å². The van der Waals surface area contributed by atoms with Crippen LogP contribution < -0.4 is 5.32 Å². The molecule has 154 valence electrons. The maximum absolute atomic E-state index is 13.9. The van der Waals surface area contributed by atoms with Crippen molar-refractivity contribution in [1.29, 1.82) is 0 Å². The Hall–Kier alpha value is -3.91. The lowest BCUT2D eigenvalue weighted by atomic mass is 9.98. The summed E-state index contributed by atoms with van der Waals surface area (Å²) in [6.07, 6.45) is 0.270. The molecule has 0 saturated carbocycles. The number of rotatable bonds is 5. The van der Waals surface area contributed by atoms with E-state index < -0.39 is 11.9 Å². The van der Waals surface area contributed by atoms with Crippen molar-refractivity contribution in [2.75, 3.05) is 13.2 Å². The number of hydrogen-bond acceptors (Lipinski definition) is 3. The molecule has 0 bridgehead atoms. The Kier molecular flexibility index (Phi) is 6.09. The number of amides is 1. The van der Waals surface area contributed by atoms with Crippen LogP contribution in [0.5, 0.6) is 0 Å². The van der Waals surface area contributed by atoms with E-state index in [1.807, 2.05) is 24.3 Å². The van der Waals surface area contributed by atoms with E-state index in [0.29, 0.717) is 12.7 Å². The topological polar surface area (TPSA) is 55.4 Å². The number of halogens is 1. The Labute approximate surface area is 180 Å². The van der Waals surface area contributed by atoms with Crippen molar-refractivity contribution < 1.29 is 18.7 Å². The third-order valence-electron chi connectivity index (χ3n) is 5.24. The normalized spacial score (nSPS) is 11.6. The highest BCUT2D eigenvalue weighted by Gasteiger charge is 2.28. The molecule has 1 N–H and O–H groups in total. The molecule has 0 aliphatic heterocycles. The second kappa shape index (κ2) is 9.27. The summed E-state index contributed by atoms with van der Waals surface area (Å²) < 4.78 is 19.4. The van der Waals surface area contributed by atoms with Crippen molar-refractivity contribution in [2.45, 2.75) is 12.3 Å². The van der Waals surface area contributed by atoms with E-state index in [1.165, 1.54) is 23.3 Å². The number of hydrogen-bond donors (Lipinski definition) is 1. The van der Waals surface area contributed by atoms with Gasteiger partial charge in [0.15, 0.2) is 6.29 Å². The summed E-state index contributed by atoms with van der Waals surface area (Å²) >= 11 is 0. The van der Waals surface area contributed by atoms with Crippen LogP contribution in [0.2, 0.25) is 0 Å². The number of ether oxygens (including phenoxy) is 1. The van der Waals surface area contributed by atoms with E-state index in [9.17, 15) is 14.0 Å². The zero-order valence-electron chi connectivity index (χ0n) is 16.7.